The van der Waals surface area contributed by atoms with Gasteiger partial charge in [-0.3, -0.25) is 0 Å². The molecule has 0 aromatic heterocycles. The van der Waals surface area contributed by atoms with Gasteiger partial charge in [-0.2, -0.15) is 0 Å². The highest BCUT2D eigenvalue weighted by Gasteiger charge is 2.39. The molecule has 1 aliphatic carbocycles. The number of fused-ring (bicyclic) bond motifs is 1. The summed E-state index contributed by atoms with van der Waals surface area (Å²) >= 11 is 6.36. The lowest BCUT2D eigenvalue weighted by Crippen LogP contribution is -2.25. The number of rotatable bonds is 3. The minimum Gasteiger partial charge on any atom is -0.454 e. The fourth-order valence-electron chi connectivity index (χ4n) is 2.35. The third kappa shape index (κ3) is 1.87. The van der Waals surface area contributed by atoms with Gasteiger partial charge in [0.2, 0.25) is 6.79 Å². The van der Waals surface area contributed by atoms with Crippen LogP contribution in [0.3, 0.4) is 0 Å². The zero-order valence-electron chi connectivity index (χ0n) is 9.88. The largest absolute Gasteiger partial charge is 0.454 e. The van der Waals surface area contributed by atoms with Crippen molar-refractivity contribution in [3.05, 3.63) is 22.2 Å². The first-order valence-corrected chi connectivity index (χ1v) is 6.39. The maximum atomic E-state index is 6.36. The molecular weight excluding hydrogens is 238 g/mol. The van der Waals surface area contributed by atoms with Crippen molar-refractivity contribution in [1.82, 2.24) is 0 Å². The molecule has 1 fully saturated rings. The number of hydrogen-bond donors (Lipinski definition) is 1. The molecule has 0 amide bonds. The third-order valence-corrected chi connectivity index (χ3v) is 3.99. The average Bonchev–Trinajstić information content (AvgIpc) is 2.83. The third-order valence-electron chi connectivity index (χ3n) is 3.59. The number of benzene rings is 1. The highest BCUT2D eigenvalue weighted by Crippen LogP contribution is 2.45. The van der Waals surface area contributed by atoms with Gasteiger partial charge in [-0.25, -0.2) is 0 Å². The molecule has 0 saturated heterocycles. The summed E-state index contributed by atoms with van der Waals surface area (Å²) in [6.07, 6.45) is 3.97. The van der Waals surface area contributed by atoms with Gasteiger partial charge < -0.3 is 15.2 Å². The second kappa shape index (κ2) is 3.79. The Morgan fingerprint density at radius 2 is 2.18 bits per heavy atom. The fourth-order valence-corrected chi connectivity index (χ4v) is 2.75. The molecule has 3 nitrogen and oxygen atoms in total. The zero-order chi connectivity index (χ0) is 12.0. The monoisotopic (exact) mass is 253 g/mol. The molecule has 1 aliphatic heterocycles. The van der Waals surface area contributed by atoms with Gasteiger partial charge >= 0.3 is 0 Å². The van der Waals surface area contributed by atoms with Crippen LogP contribution in [0.4, 0.5) is 0 Å². The van der Waals surface area contributed by atoms with E-state index in [1.807, 2.05) is 6.07 Å². The molecule has 1 saturated carbocycles. The van der Waals surface area contributed by atoms with Gasteiger partial charge in [0.15, 0.2) is 11.5 Å². The molecule has 0 unspecified atom stereocenters. The van der Waals surface area contributed by atoms with Gasteiger partial charge in [-0.15, -0.1) is 0 Å². The Morgan fingerprint density at radius 1 is 1.41 bits per heavy atom. The van der Waals surface area contributed by atoms with Gasteiger partial charge in [0.1, 0.15) is 0 Å². The molecule has 4 heteroatoms. The van der Waals surface area contributed by atoms with E-state index in [0.29, 0.717) is 10.8 Å². The summed E-state index contributed by atoms with van der Waals surface area (Å²) in [4.78, 5) is 0. The second-order valence-corrected chi connectivity index (χ2v) is 5.33. The normalized spacial score (nSPS) is 19.5. The van der Waals surface area contributed by atoms with Crippen LogP contribution in [0, 0.1) is 0 Å². The Hall–Kier alpha value is -0.930. The Morgan fingerprint density at radius 3 is 2.82 bits per heavy atom. The molecule has 1 aromatic carbocycles. The molecule has 17 heavy (non-hydrogen) atoms. The van der Waals surface area contributed by atoms with E-state index in [2.05, 4.69) is 6.92 Å². The molecule has 2 N–H and O–H groups in total. The maximum Gasteiger partial charge on any atom is 0.231 e. The van der Waals surface area contributed by atoms with Gasteiger partial charge in [0.25, 0.3) is 0 Å². The smallest absolute Gasteiger partial charge is 0.231 e. The van der Waals surface area contributed by atoms with E-state index in [1.165, 1.54) is 5.56 Å². The average molecular weight is 254 g/mol. The van der Waals surface area contributed by atoms with Crippen LogP contribution < -0.4 is 15.2 Å². The molecule has 0 atom stereocenters. The van der Waals surface area contributed by atoms with Crippen LogP contribution in [0.15, 0.2) is 6.07 Å². The first-order valence-electron chi connectivity index (χ1n) is 6.02. The molecule has 0 bridgehead atoms. The standard InChI is InChI=1S/C13H16ClNO2/c1-2-9-8(6-13(15)3-4-13)5-10-12(11(9)14)17-7-16-10/h5H,2-4,6-7,15H2,1H3. The summed E-state index contributed by atoms with van der Waals surface area (Å²) in [7, 11) is 0. The Bertz CT molecular complexity index is 469. The number of hydrogen-bond acceptors (Lipinski definition) is 3. The molecule has 0 spiro atoms. The van der Waals surface area contributed by atoms with Crippen LogP contribution in [0.25, 0.3) is 0 Å². The van der Waals surface area contributed by atoms with Crippen molar-refractivity contribution in [2.24, 2.45) is 5.73 Å². The predicted molar refractivity (Wildman–Crippen MR) is 66.8 cm³/mol. The van der Waals surface area contributed by atoms with Crippen LogP contribution in [-0.2, 0) is 12.8 Å². The molecular formula is C13H16ClNO2. The van der Waals surface area contributed by atoms with E-state index in [-0.39, 0.29) is 12.3 Å². The summed E-state index contributed by atoms with van der Waals surface area (Å²) < 4.78 is 10.8. The quantitative estimate of drug-likeness (QED) is 0.901. The van der Waals surface area contributed by atoms with Crippen molar-refractivity contribution in [1.29, 1.82) is 0 Å². The van der Waals surface area contributed by atoms with Crippen molar-refractivity contribution < 1.29 is 9.47 Å². The van der Waals surface area contributed by atoms with E-state index < -0.39 is 0 Å². The molecule has 1 aromatic rings. The Balaban J connectivity index is 2.04. The number of ether oxygens (including phenoxy) is 2. The topological polar surface area (TPSA) is 44.5 Å². The van der Waals surface area contributed by atoms with Crippen molar-refractivity contribution >= 4 is 11.6 Å². The summed E-state index contributed by atoms with van der Waals surface area (Å²) in [5.41, 5.74) is 8.53. The van der Waals surface area contributed by atoms with Crippen molar-refractivity contribution in [2.75, 3.05) is 6.79 Å². The summed E-state index contributed by atoms with van der Waals surface area (Å²) in [5, 5.41) is 0.696. The minimum atomic E-state index is -0.0129. The lowest BCUT2D eigenvalue weighted by atomic mass is 9.97. The van der Waals surface area contributed by atoms with E-state index in [0.717, 1.165) is 37.0 Å². The van der Waals surface area contributed by atoms with Crippen molar-refractivity contribution in [3.8, 4) is 11.5 Å². The molecule has 1 heterocycles. The van der Waals surface area contributed by atoms with E-state index >= 15 is 0 Å². The van der Waals surface area contributed by atoms with Crippen LogP contribution in [-0.4, -0.2) is 12.3 Å². The second-order valence-electron chi connectivity index (χ2n) is 4.95. The molecule has 3 rings (SSSR count). The van der Waals surface area contributed by atoms with Crippen molar-refractivity contribution in [3.63, 3.8) is 0 Å². The molecule has 2 aliphatic rings. The number of nitrogens with two attached hydrogens (primary N) is 1. The zero-order valence-corrected chi connectivity index (χ0v) is 10.6. The Labute approximate surface area is 106 Å². The first kappa shape index (κ1) is 11.2. The lowest BCUT2D eigenvalue weighted by molar-refractivity contribution is 0.174. The fraction of sp³-hybridized carbons (Fsp3) is 0.538. The van der Waals surface area contributed by atoms with E-state index in [1.54, 1.807) is 0 Å². The minimum absolute atomic E-state index is 0.0129. The predicted octanol–water partition coefficient (Wildman–Crippen LogP) is 2.66. The highest BCUT2D eigenvalue weighted by molar-refractivity contribution is 6.33. The summed E-state index contributed by atoms with van der Waals surface area (Å²) in [5.74, 6) is 1.44. The van der Waals surface area contributed by atoms with Gasteiger partial charge in [-0.05, 0) is 42.9 Å². The van der Waals surface area contributed by atoms with Gasteiger partial charge in [0, 0.05) is 5.54 Å². The van der Waals surface area contributed by atoms with E-state index in [9.17, 15) is 0 Å². The lowest BCUT2D eigenvalue weighted by Gasteiger charge is -2.15. The van der Waals surface area contributed by atoms with Crippen LogP contribution >= 0.6 is 11.6 Å². The summed E-state index contributed by atoms with van der Waals surface area (Å²) in [6.45, 7) is 2.36. The van der Waals surface area contributed by atoms with E-state index in [4.69, 9.17) is 26.8 Å². The van der Waals surface area contributed by atoms with Gasteiger partial charge in [-0.1, -0.05) is 18.5 Å². The van der Waals surface area contributed by atoms with Crippen LogP contribution in [0.2, 0.25) is 5.02 Å². The Kier molecular flexibility index (Phi) is 2.49. The molecule has 92 valence electrons. The van der Waals surface area contributed by atoms with Crippen LogP contribution in [0.5, 0.6) is 11.5 Å². The maximum absolute atomic E-state index is 6.36. The van der Waals surface area contributed by atoms with Crippen molar-refractivity contribution in [2.45, 2.75) is 38.1 Å². The number of halogens is 1. The first-order chi connectivity index (χ1) is 8.13. The SMILES string of the molecule is CCc1c(CC2(N)CC2)cc2c(c1Cl)OCO2. The molecule has 0 radical (unpaired) electrons. The van der Waals surface area contributed by atoms with Crippen LogP contribution in [0.1, 0.15) is 30.9 Å². The van der Waals surface area contributed by atoms with Gasteiger partial charge in [0.05, 0.1) is 5.02 Å². The highest BCUT2D eigenvalue weighted by atomic mass is 35.5. The summed E-state index contributed by atoms with van der Waals surface area (Å²) in [6, 6.07) is 2.04.